The minimum Gasteiger partial charge on any atom is -0.370 e. The molecule has 0 aliphatic carbocycles. The molecule has 1 aliphatic rings. The first-order valence-electron chi connectivity index (χ1n) is 7.13. The Morgan fingerprint density at radius 1 is 1.32 bits per heavy atom. The molecule has 0 bridgehead atoms. The summed E-state index contributed by atoms with van der Waals surface area (Å²) in [6.45, 7) is 10.4. The van der Waals surface area contributed by atoms with Crippen LogP contribution in [-0.2, 0) is 0 Å². The molecule has 19 heavy (non-hydrogen) atoms. The van der Waals surface area contributed by atoms with Crippen LogP contribution >= 0.6 is 11.8 Å². The van der Waals surface area contributed by atoms with Gasteiger partial charge in [-0.15, -0.1) is 11.8 Å². The lowest BCUT2D eigenvalue weighted by Crippen LogP contribution is -2.46. The zero-order chi connectivity index (χ0) is 13.9. The molecule has 0 radical (unpaired) electrons. The van der Waals surface area contributed by atoms with Gasteiger partial charge in [-0.25, -0.2) is 0 Å². The minimum atomic E-state index is 0.305. The molecule has 0 amide bonds. The van der Waals surface area contributed by atoms with E-state index in [9.17, 15) is 0 Å². The highest BCUT2D eigenvalue weighted by Gasteiger charge is 2.28. The van der Waals surface area contributed by atoms with Crippen molar-refractivity contribution in [2.45, 2.75) is 38.1 Å². The van der Waals surface area contributed by atoms with Gasteiger partial charge in [-0.1, -0.05) is 26.8 Å². The highest BCUT2D eigenvalue weighted by atomic mass is 32.2. The van der Waals surface area contributed by atoms with E-state index in [1.807, 2.05) is 11.8 Å². The molecule has 0 spiro atoms. The predicted molar refractivity (Wildman–Crippen MR) is 86.3 cm³/mol. The van der Waals surface area contributed by atoms with Crippen molar-refractivity contribution < 1.29 is 0 Å². The predicted octanol–water partition coefficient (Wildman–Crippen LogP) is 3.62. The first kappa shape index (κ1) is 14.7. The molecular formula is C16H26N2S. The van der Waals surface area contributed by atoms with E-state index in [4.69, 9.17) is 0 Å². The van der Waals surface area contributed by atoms with Crippen molar-refractivity contribution in [2.75, 3.05) is 30.8 Å². The minimum absolute atomic E-state index is 0.305. The van der Waals surface area contributed by atoms with Crippen LogP contribution in [0.4, 0.5) is 5.69 Å². The van der Waals surface area contributed by atoms with Crippen LogP contribution in [0.3, 0.4) is 0 Å². The summed E-state index contributed by atoms with van der Waals surface area (Å²) in [7, 11) is 0. The maximum Gasteiger partial charge on any atom is 0.0377 e. The van der Waals surface area contributed by atoms with Crippen LogP contribution in [0.1, 0.15) is 27.2 Å². The van der Waals surface area contributed by atoms with Crippen molar-refractivity contribution in [1.29, 1.82) is 0 Å². The van der Waals surface area contributed by atoms with Gasteiger partial charge in [0.05, 0.1) is 0 Å². The first-order chi connectivity index (χ1) is 9.00. The van der Waals surface area contributed by atoms with Gasteiger partial charge in [0.15, 0.2) is 0 Å². The second-order valence-corrected chi connectivity index (χ2v) is 7.25. The lowest BCUT2D eigenvalue weighted by molar-refractivity contribution is 0.280. The third-order valence-electron chi connectivity index (χ3n) is 3.86. The normalized spacial score (nSPS) is 21.3. The Morgan fingerprint density at radius 3 is 2.79 bits per heavy atom. The van der Waals surface area contributed by atoms with Gasteiger partial charge in [-0.3, -0.25) is 0 Å². The standard InChI is InChI=1S/C16H26N2S/c1-16(2,3)15-12-18(10-6-9-17-15)13-7-5-8-14(11-13)19-4/h5,7-8,11,15,17H,6,9-10,12H2,1-4H3. The second kappa shape index (κ2) is 6.19. The molecule has 3 heteroatoms. The Morgan fingerprint density at radius 2 is 2.11 bits per heavy atom. The molecule has 1 fully saturated rings. The van der Waals surface area contributed by atoms with Crippen LogP contribution in [0.2, 0.25) is 0 Å². The summed E-state index contributed by atoms with van der Waals surface area (Å²) in [6.07, 6.45) is 3.36. The van der Waals surface area contributed by atoms with E-state index in [1.165, 1.54) is 17.0 Å². The smallest absolute Gasteiger partial charge is 0.0377 e. The van der Waals surface area contributed by atoms with Crippen molar-refractivity contribution in [3.63, 3.8) is 0 Å². The van der Waals surface area contributed by atoms with E-state index in [0.717, 1.165) is 19.6 Å². The molecule has 1 aliphatic heterocycles. The highest BCUT2D eigenvalue weighted by Crippen LogP contribution is 2.27. The van der Waals surface area contributed by atoms with Gasteiger partial charge in [0, 0.05) is 29.7 Å². The second-order valence-electron chi connectivity index (χ2n) is 6.37. The van der Waals surface area contributed by atoms with E-state index < -0.39 is 0 Å². The maximum atomic E-state index is 3.70. The monoisotopic (exact) mass is 278 g/mol. The Kier molecular flexibility index (Phi) is 4.80. The molecule has 1 aromatic rings. The molecule has 2 nitrogen and oxygen atoms in total. The molecule has 1 N–H and O–H groups in total. The van der Waals surface area contributed by atoms with Crippen LogP contribution < -0.4 is 10.2 Å². The van der Waals surface area contributed by atoms with Crippen LogP contribution in [0.15, 0.2) is 29.2 Å². The zero-order valence-corrected chi connectivity index (χ0v) is 13.4. The number of benzene rings is 1. The number of thioether (sulfide) groups is 1. The molecule has 0 saturated carbocycles. The van der Waals surface area contributed by atoms with Gasteiger partial charge in [0.25, 0.3) is 0 Å². The van der Waals surface area contributed by atoms with Crippen LogP contribution in [0.5, 0.6) is 0 Å². The molecule has 1 saturated heterocycles. The highest BCUT2D eigenvalue weighted by molar-refractivity contribution is 7.98. The molecule has 2 rings (SSSR count). The summed E-state index contributed by atoms with van der Waals surface area (Å²) in [4.78, 5) is 3.89. The fraction of sp³-hybridized carbons (Fsp3) is 0.625. The van der Waals surface area contributed by atoms with Gasteiger partial charge in [-0.05, 0) is 42.8 Å². The Hall–Kier alpha value is -0.670. The lowest BCUT2D eigenvalue weighted by atomic mass is 9.86. The van der Waals surface area contributed by atoms with Crippen molar-refractivity contribution in [3.05, 3.63) is 24.3 Å². The van der Waals surface area contributed by atoms with Crippen LogP contribution in [-0.4, -0.2) is 31.9 Å². The van der Waals surface area contributed by atoms with E-state index >= 15 is 0 Å². The fourth-order valence-electron chi connectivity index (χ4n) is 2.54. The zero-order valence-electron chi connectivity index (χ0n) is 12.6. The number of anilines is 1. The molecule has 1 aromatic carbocycles. The summed E-state index contributed by atoms with van der Waals surface area (Å²) >= 11 is 1.82. The summed E-state index contributed by atoms with van der Waals surface area (Å²) in [5.41, 5.74) is 1.67. The topological polar surface area (TPSA) is 15.3 Å². The van der Waals surface area contributed by atoms with Crippen LogP contribution in [0, 0.1) is 5.41 Å². The average molecular weight is 278 g/mol. The van der Waals surface area contributed by atoms with Gasteiger partial charge in [-0.2, -0.15) is 0 Å². The SMILES string of the molecule is CSc1cccc(N2CCCNC(C(C)(C)C)C2)c1. The average Bonchev–Trinajstić information content (AvgIpc) is 2.64. The Labute approximate surface area is 122 Å². The summed E-state index contributed by atoms with van der Waals surface area (Å²) in [5.74, 6) is 0. The maximum absolute atomic E-state index is 3.70. The van der Waals surface area contributed by atoms with Crippen molar-refractivity contribution in [1.82, 2.24) is 5.32 Å². The number of hydrogen-bond acceptors (Lipinski definition) is 3. The molecule has 1 atom stereocenters. The Bertz CT molecular complexity index is 411. The largest absolute Gasteiger partial charge is 0.370 e. The van der Waals surface area contributed by atoms with E-state index in [1.54, 1.807) is 0 Å². The summed E-state index contributed by atoms with van der Waals surface area (Å²) in [5, 5.41) is 3.70. The van der Waals surface area contributed by atoms with E-state index in [-0.39, 0.29) is 0 Å². The molecule has 106 valence electrons. The van der Waals surface area contributed by atoms with Gasteiger partial charge in [0.2, 0.25) is 0 Å². The van der Waals surface area contributed by atoms with Crippen molar-refractivity contribution in [3.8, 4) is 0 Å². The van der Waals surface area contributed by atoms with Gasteiger partial charge >= 0.3 is 0 Å². The van der Waals surface area contributed by atoms with Gasteiger partial charge < -0.3 is 10.2 Å². The number of nitrogens with one attached hydrogen (secondary N) is 1. The van der Waals surface area contributed by atoms with Crippen molar-refractivity contribution in [2.24, 2.45) is 5.41 Å². The molecular weight excluding hydrogens is 252 g/mol. The fourth-order valence-corrected chi connectivity index (χ4v) is 3.00. The van der Waals surface area contributed by atoms with Crippen molar-refractivity contribution >= 4 is 17.4 Å². The number of rotatable bonds is 2. The lowest BCUT2D eigenvalue weighted by Gasteiger charge is -2.34. The molecule has 0 aromatic heterocycles. The van der Waals surface area contributed by atoms with Gasteiger partial charge in [0.1, 0.15) is 0 Å². The summed E-state index contributed by atoms with van der Waals surface area (Å²) in [6, 6.07) is 9.46. The quantitative estimate of drug-likeness (QED) is 0.832. The number of nitrogens with zero attached hydrogens (tertiary/aromatic N) is 1. The van der Waals surface area contributed by atoms with E-state index in [2.05, 4.69) is 61.5 Å². The summed E-state index contributed by atoms with van der Waals surface area (Å²) < 4.78 is 0. The third-order valence-corrected chi connectivity index (χ3v) is 4.59. The van der Waals surface area contributed by atoms with E-state index in [0.29, 0.717) is 11.5 Å². The molecule has 1 heterocycles. The number of hydrogen-bond donors (Lipinski definition) is 1. The van der Waals surface area contributed by atoms with Crippen LogP contribution in [0.25, 0.3) is 0 Å². The first-order valence-corrected chi connectivity index (χ1v) is 8.35. The third kappa shape index (κ3) is 3.90. The Balaban J connectivity index is 2.17. The molecule has 1 unspecified atom stereocenters.